The van der Waals surface area contributed by atoms with Gasteiger partial charge in [0.2, 0.25) is 0 Å². The zero-order valence-electron chi connectivity index (χ0n) is 13.0. The number of amides is 2. The molecule has 0 heterocycles. The summed E-state index contributed by atoms with van der Waals surface area (Å²) in [5.41, 5.74) is 3.91. The Morgan fingerprint density at radius 2 is 1.72 bits per heavy atom. The average Bonchev–Trinajstić information content (AvgIpc) is 2.52. The van der Waals surface area contributed by atoms with E-state index in [0.29, 0.717) is 21.4 Å². The number of benzene rings is 2. The number of halogens is 2. The number of hydrogen-bond acceptors (Lipinski definition) is 3. The van der Waals surface area contributed by atoms with Crippen LogP contribution in [0.5, 0.6) is 5.75 Å². The molecular weight excluding hydrogens is 367 g/mol. The lowest BCUT2D eigenvalue weighted by atomic mass is 9.91. The third kappa shape index (κ3) is 5.27. The largest absolute Gasteiger partial charge is 0.490 e. The number of carboxylic acids is 1. The molecule has 1 atom stereocenters. The molecule has 0 aliphatic carbocycles. The Kier molecular flexibility index (Phi) is 6.12. The van der Waals surface area contributed by atoms with Gasteiger partial charge in [0.25, 0.3) is 0 Å². The molecule has 0 fully saturated rings. The molecule has 0 aliphatic heterocycles. The number of nitrogens with two attached hydrogens (primary N) is 1. The Morgan fingerprint density at radius 3 is 2.24 bits per heavy atom. The number of carboxylic acid groups (broad SMARTS) is 1. The molecule has 0 bridgehead atoms. The molecule has 0 aromatic heterocycles. The fourth-order valence-electron chi connectivity index (χ4n) is 2.34. The maximum atomic E-state index is 11.9. The second-order valence-corrected chi connectivity index (χ2v) is 6.31. The molecule has 2 rings (SSSR count). The number of ether oxygens (including phenoxy) is 1. The number of primary amides is 1. The van der Waals surface area contributed by atoms with Gasteiger partial charge in [-0.25, -0.2) is 9.59 Å². The number of rotatable bonds is 7. The van der Waals surface area contributed by atoms with Crippen molar-refractivity contribution in [2.75, 3.05) is 6.61 Å². The van der Waals surface area contributed by atoms with E-state index in [1.165, 1.54) is 6.07 Å². The molecule has 2 aromatic rings. The van der Waals surface area contributed by atoms with Crippen LogP contribution in [-0.2, 0) is 11.2 Å². The van der Waals surface area contributed by atoms with Gasteiger partial charge in [-0.05, 0) is 35.9 Å². The summed E-state index contributed by atoms with van der Waals surface area (Å²) in [7, 11) is 0. The Hall–Kier alpha value is -2.44. The first kappa shape index (κ1) is 18.9. The number of urea groups is 1. The fraction of sp³-hybridized carbons (Fsp3) is 0.176. The topological polar surface area (TPSA) is 102 Å². The lowest BCUT2D eigenvalue weighted by Gasteiger charge is -2.30. The van der Waals surface area contributed by atoms with Crippen LogP contribution < -0.4 is 15.8 Å². The average molecular weight is 383 g/mol. The second-order valence-electron chi connectivity index (χ2n) is 5.43. The summed E-state index contributed by atoms with van der Waals surface area (Å²) >= 11 is 11.9. The highest BCUT2D eigenvalue weighted by molar-refractivity contribution is 6.34. The third-order valence-electron chi connectivity index (χ3n) is 3.43. The van der Waals surface area contributed by atoms with Crippen molar-refractivity contribution in [2.24, 2.45) is 5.73 Å². The summed E-state index contributed by atoms with van der Waals surface area (Å²) < 4.78 is 5.55. The molecule has 132 valence electrons. The zero-order valence-corrected chi connectivity index (χ0v) is 14.6. The molecular formula is C17H16Cl2N2O4. The van der Waals surface area contributed by atoms with Crippen LogP contribution in [-0.4, -0.2) is 29.3 Å². The van der Waals surface area contributed by atoms with Crippen molar-refractivity contribution in [2.45, 2.75) is 12.0 Å². The standard InChI is InChI=1S/C17H16Cl2N2O4/c18-12-6-11(7-13(19)8-12)9-17(15(22)23,21-16(20)24)10-25-14-4-2-1-3-5-14/h1-8H,9-10H2,(H,22,23)(H3,20,21,24). The predicted octanol–water partition coefficient (Wildman–Crippen LogP) is 3.11. The highest BCUT2D eigenvalue weighted by Gasteiger charge is 2.41. The van der Waals surface area contributed by atoms with Crippen molar-refractivity contribution in [3.8, 4) is 5.75 Å². The molecule has 0 saturated carbocycles. The molecule has 1 unspecified atom stereocenters. The Morgan fingerprint density at radius 1 is 1.12 bits per heavy atom. The second kappa shape index (κ2) is 8.09. The number of carbonyl (C=O) groups excluding carboxylic acids is 1. The lowest BCUT2D eigenvalue weighted by Crippen LogP contribution is -2.61. The van der Waals surface area contributed by atoms with Crippen molar-refractivity contribution >= 4 is 35.2 Å². The molecule has 0 radical (unpaired) electrons. The maximum absolute atomic E-state index is 11.9. The normalized spacial score (nSPS) is 12.9. The van der Waals surface area contributed by atoms with Gasteiger partial charge < -0.3 is 20.9 Å². The number of aliphatic carboxylic acids is 1. The van der Waals surface area contributed by atoms with E-state index < -0.39 is 17.5 Å². The van der Waals surface area contributed by atoms with Gasteiger partial charge in [0.1, 0.15) is 12.4 Å². The monoisotopic (exact) mass is 382 g/mol. The molecule has 0 aliphatic rings. The predicted molar refractivity (Wildman–Crippen MR) is 95.2 cm³/mol. The first-order valence-corrected chi connectivity index (χ1v) is 8.00. The smallest absolute Gasteiger partial charge is 0.333 e. The number of nitrogens with one attached hydrogen (secondary N) is 1. The van der Waals surface area contributed by atoms with E-state index in [1.54, 1.807) is 42.5 Å². The summed E-state index contributed by atoms with van der Waals surface area (Å²) in [5.74, 6) is -0.832. The van der Waals surface area contributed by atoms with Crippen LogP contribution in [0, 0.1) is 0 Å². The van der Waals surface area contributed by atoms with Crippen LogP contribution in [0.15, 0.2) is 48.5 Å². The quantitative estimate of drug-likeness (QED) is 0.684. The summed E-state index contributed by atoms with van der Waals surface area (Å²) in [5, 5.41) is 12.7. The van der Waals surface area contributed by atoms with E-state index in [1.807, 2.05) is 0 Å². The minimum Gasteiger partial charge on any atom is -0.490 e. The molecule has 8 heteroatoms. The Balaban J connectivity index is 2.32. The number of hydrogen-bond donors (Lipinski definition) is 3. The summed E-state index contributed by atoms with van der Waals surface area (Å²) in [6, 6.07) is 12.3. The SMILES string of the molecule is NC(=O)NC(COc1ccccc1)(Cc1cc(Cl)cc(Cl)c1)C(=O)O. The minimum atomic E-state index is -1.78. The summed E-state index contributed by atoms with van der Waals surface area (Å²) in [6.07, 6.45) is -0.113. The van der Waals surface area contributed by atoms with Gasteiger partial charge in [0, 0.05) is 16.5 Å². The fourth-order valence-corrected chi connectivity index (χ4v) is 2.91. The van der Waals surface area contributed by atoms with Gasteiger partial charge in [0.05, 0.1) is 0 Å². The van der Waals surface area contributed by atoms with Crippen molar-refractivity contribution in [1.29, 1.82) is 0 Å². The van der Waals surface area contributed by atoms with Crippen LogP contribution >= 0.6 is 23.2 Å². The molecule has 25 heavy (non-hydrogen) atoms. The molecule has 6 nitrogen and oxygen atoms in total. The maximum Gasteiger partial charge on any atom is 0.333 e. The van der Waals surface area contributed by atoms with E-state index in [0.717, 1.165) is 0 Å². The van der Waals surface area contributed by atoms with Crippen molar-refractivity contribution < 1.29 is 19.4 Å². The van der Waals surface area contributed by atoms with Crippen molar-refractivity contribution in [3.63, 3.8) is 0 Å². The van der Waals surface area contributed by atoms with Gasteiger partial charge in [-0.2, -0.15) is 0 Å². The van der Waals surface area contributed by atoms with Crippen LogP contribution in [0.1, 0.15) is 5.56 Å². The zero-order chi connectivity index (χ0) is 18.4. The Bertz CT molecular complexity index is 750. The van der Waals surface area contributed by atoms with Crippen LogP contribution in [0.4, 0.5) is 4.79 Å². The van der Waals surface area contributed by atoms with Gasteiger partial charge >= 0.3 is 12.0 Å². The van der Waals surface area contributed by atoms with E-state index >= 15 is 0 Å². The summed E-state index contributed by atoms with van der Waals surface area (Å²) in [6.45, 7) is -0.334. The highest BCUT2D eigenvalue weighted by atomic mass is 35.5. The van der Waals surface area contributed by atoms with E-state index in [2.05, 4.69) is 5.32 Å². The van der Waals surface area contributed by atoms with Gasteiger partial charge in [-0.1, -0.05) is 41.4 Å². The van der Waals surface area contributed by atoms with Crippen LogP contribution in [0.25, 0.3) is 0 Å². The molecule has 2 aromatic carbocycles. The number of para-hydroxylation sites is 1. The molecule has 4 N–H and O–H groups in total. The lowest BCUT2D eigenvalue weighted by molar-refractivity contribution is -0.145. The van der Waals surface area contributed by atoms with Gasteiger partial charge in [-0.15, -0.1) is 0 Å². The minimum absolute atomic E-state index is 0.113. The van der Waals surface area contributed by atoms with Crippen molar-refractivity contribution in [3.05, 3.63) is 64.1 Å². The van der Waals surface area contributed by atoms with E-state index in [9.17, 15) is 14.7 Å². The highest BCUT2D eigenvalue weighted by Crippen LogP contribution is 2.24. The van der Waals surface area contributed by atoms with E-state index in [4.69, 9.17) is 33.7 Å². The molecule has 0 saturated heterocycles. The Labute approximate surface area is 154 Å². The first-order chi connectivity index (χ1) is 11.8. The van der Waals surface area contributed by atoms with E-state index in [-0.39, 0.29) is 13.0 Å². The first-order valence-electron chi connectivity index (χ1n) is 7.24. The van der Waals surface area contributed by atoms with Gasteiger partial charge in [0.15, 0.2) is 5.54 Å². The molecule has 2 amide bonds. The molecule has 0 spiro atoms. The van der Waals surface area contributed by atoms with Crippen LogP contribution in [0.2, 0.25) is 10.0 Å². The van der Waals surface area contributed by atoms with Crippen molar-refractivity contribution in [1.82, 2.24) is 5.32 Å². The third-order valence-corrected chi connectivity index (χ3v) is 3.86. The van der Waals surface area contributed by atoms with Gasteiger partial charge in [-0.3, -0.25) is 0 Å². The number of carbonyl (C=O) groups is 2. The summed E-state index contributed by atoms with van der Waals surface area (Å²) in [4.78, 5) is 23.3. The van der Waals surface area contributed by atoms with Crippen LogP contribution in [0.3, 0.4) is 0 Å².